The maximum Gasteiger partial charge on any atom is 0.130 e. The second kappa shape index (κ2) is 16.3. The van der Waals surface area contributed by atoms with E-state index in [1.807, 2.05) is 67.5 Å². The van der Waals surface area contributed by atoms with Crippen molar-refractivity contribution in [3.05, 3.63) is 60.1 Å². The molecule has 0 amide bonds. The third kappa shape index (κ3) is 9.73. The number of rotatable bonds is 3. The molecule has 0 aliphatic rings. The van der Waals surface area contributed by atoms with Crippen molar-refractivity contribution in [2.45, 2.75) is 55.4 Å². The van der Waals surface area contributed by atoms with E-state index in [0.717, 1.165) is 22.6 Å². The van der Waals surface area contributed by atoms with Crippen LogP contribution < -0.4 is 0 Å². The normalized spacial score (nSPS) is 8.86. The zero-order valence-electron chi connectivity index (χ0n) is 15.3. The Hall–Kier alpha value is -1.76. The Morgan fingerprint density at radius 1 is 0.857 bits per heavy atom. The van der Waals surface area contributed by atoms with Gasteiger partial charge in [-0.1, -0.05) is 65.2 Å². The number of hydrogen-bond donors (Lipinski definition) is 0. The highest BCUT2D eigenvalue weighted by Gasteiger charge is 2.07. The second-order valence-electron chi connectivity index (χ2n) is 3.73. The quantitative estimate of drug-likeness (QED) is 0.529. The topological polar surface area (TPSA) is 13.1 Å². The molecule has 21 heavy (non-hydrogen) atoms. The minimum absolute atomic E-state index is 0.845. The standard InChI is InChI=1S/C10H12O.C6H10.2C2H6/c1-5-9-7(3)8(4)10(6-2)11-9;1-4-6(3)5-2;2*1-2/h5-6H,1-2H2,3-4H3;4-5H,1H2,2-3H3;2*1-2H3/b;6-5+;;. The monoisotopic (exact) mass is 290 g/mol. The van der Waals surface area contributed by atoms with Gasteiger partial charge in [0.2, 0.25) is 0 Å². The summed E-state index contributed by atoms with van der Waals surface area (Å²) >= 11 is 0. The minimum atomic E-state index is 0.845. The molecular formula is C20H34O. The molecule has 0 fully saturated rings. The van der Waals surface area contributed by atoms with E-state index in [0.29, 0.717) is 0 Å². The average molecular weight is 290 g/mol. The van der Waals surface area contributed by atoms with E-state index >= 15 is 0 Å². The summed E-state index contributed by atoms with van der Waals surface area (Å²) in [5, 5.41) is 0. The van der Waals surface area contributed by atoms with Gasteiger partial charge in [0.25, 0.3) is 0 Å². The van der Waals surface area contributed by atoms with Crippen LogP contribution in [-0.2, 0) is 0 Å². The molecule has 0 saturated heterocycles. The van der Waals surface area contributed by atoms with Crippen LogP contribution in [0.2, 0.25) is 0 Å². The predicted molar refractivity (Wildman–Crippen MR) is 101 cm³/mol. The molecule has 1 aromatic heterocycles. The van der Waals surface area contributed by atoms with Crippen LogP contribution >= 0.6 is 0 Å². The minimum Gasteiger partial charge on any atom is -0.457 e. The van der Waals surface area contributed by atoms with Crippen LogP contribution in [0.15, 0.2) is 41.9 Å². The Bertz CT molecular complexity index is 402. The fourth-order valence-corrected chi connectivity index (χ4v) is 1.15. The number of furan rings is 1. The van der Waals surface area contributed by atoms with Gasteiger partial charge < -0.3 is 4.42 Å². The molecule has 0 unspecified atom stereocenters. The van der Waals surface area contributed by atoms with Gasteiger partial charge in [-0.15, -0.1) is 0 Å². The lowest BCUT2D eigenvalue weighted by Crippen LogP contribution is -1.74. The van der Waals surface area contributed by atoms with Crippen molar-refractivity contribution in [3.63, 3.8) is 0 Å². The molecule has 0 spiro atoms. The van der Waals surface area contributed by atoms with Gasteiger partial charge >= 0.3 is 0 Å². The van der Waals surface area contributed by atoms with E-state index in [2.05, 4.69) is 19.7 Å². The first-order valence-corrected chi connectivity index (χ1v) is 7.62. The molecule has 0 saturated carbocycles. The van der Waals surface area contributed by atoms with Gasteiger partial charge in [-0.2, -0.15) is 0 Å². The Kier molecular flexibility index (Phi) is 18.8. The Balaban J connectivity index is -0.000000277. The molecule has 1 aromatic rings. The second-order valence-corrected chi connectivity index (χ2v) is 3.73. The van der Waals surface area contributed by atoms with Crippen LogP contribution in [0.1, 0.15) is 64.2 Å². The highest BCUT2D eigenvalue weighted by Crippen LogP contribution is 2.22. The molecule has 0 bridgehead atoms. The molecule has 0 aliphatic heterocycles. The van der Waals surface area contributed by atoms with Gasteiger partial charge in [0.15, 0.2) is 0 Å². The number of allylic oxidation sites excluding steroid dienone is 3. The maximum absolute atomic E-state index is 5.41. The highest BCUT2D eigenvalue weighted by atomic mass is 16.3. The van der Waals surface area contributed by atoms with Crippen LogP contribution in [0, 0.1) is 13.8 Å². The van der Waals surface area contributed by atoms with Gasteiger partial charge in [-0.3, -0.25) is 0 Å². The summed E-state index contributed by atoms with van der Waals surface area (Å²) in [7, 11) is 0. The zero-order chi connectivity index (χ0) is 17.4. The molecule has 0 aromatic carbocycles. The summed E-state index contributed by atoms with van der Waals surface area (Å²) in [5.74, 6) is 1.69. The van der Waals surface area contributed by atoms with Crippen molar-refractivity contribution in [2.75, 3.05) is 0 Å². The first-order chi connectivity index (χ1) is 10.0. The molecule has 1 heterocycles. The van der Waals surface area contributed by atoms with Gasteiger partial charge in [-0.05, 0) is 51.0 Å². The SMILES string of the molecule is C=C/C(C)=C/C.C=Cc1oc(C=C)c(C)c1C.CC.CC. The lowest BCUT2D eigenvalue weighted by molar-refractivity contribution is 0.544. The van der Waals surface area contributed by atoms with Gasteiger partial charge in [0, 0.05) is 0 Å². The molecule has 0 radical (unpaired) electrons. The molecule has 0 N–H and O–H groups in total. The zero-order valence-corrected chi connectivity index (χ0v) is 15.3. The van der Waals surface area contributed by atoms with Gasteiger partial charge in [-0.25, -0.2) is 0 Å². The molecule has 1 rings (SSSR count). The van der Waals surface area contributed by atoms with E-state index in [1.165, 1.54) is 5.57 Å². The fourth-order valence-electron chi connectivity index (χ4n) is 1.15. The largest absolute Gasteiger partial charge is 0.457 e. The van der Waals surface area contributed by atoms with Crippen molar-refractivity contribution >= 4 is 12.2 Å². The Labute approximate surface area is 132 Å². The molecule has 120 valence electrons. The van der Waals surface area contributed by atoms with Crippen molar-refractivity contribution < 1.29 is 4.42 Å². The number of hydrogen-bond acceptors (Lipinski definition) is 1. The van der Waals surface area contributed by atoms with Crippen LogP contribution in [-0.4, -0.2) is 0 Å². The van der Waals surface area contributed by atoms with E-state index in [9.17, 15) is 0 Å². The fraction of sp³-hybridized carbons (Fsp3) is 0.400. The first-order valence-electron chi connectivity index (χ1n) is 7.62. The highest BCUT2D eigenvalue weighted by molar-refractivity contribution is 5.56. The lowest BCUT2D eigenvalue weighted by Gasteiger charge is -1.86. The summed E-state index contributed by atoms with van der Waals surface area (Å²) < 4.78 is 5.41. The maximum atomic E-state index is 5.41. The summed E-state index contributed by atoms with van der Waals surface area (Å²) in [6, 6.07) is 0. The van der Waals surface area contributed by atoms with E-state index < -0.39 is 0 Å². The van der Waals surface area contributed by atoms with E-state index in [1.54, 1.807) is 12.2 Å². The van der Waals surface area contributed by atoms with Crippen molar-refractivity contribution in [3.8, 4) is 0 Å². The van der Waals surface area contributed by atoms with Crippen LogP contribution in [0.4, 0.5) is 0 Å². The van der Waals surface area contributed by atoms with Crippen LogP contribution in [0.3, 0.4) is 0 Å². The van der Waals surface area contributed by atoms with Crippen molar-refractivity contribution in [1.82, 2.24) is 0 Å². The van der Waals surface area contributed by atoms with Crippen LogP contribution in [0.5, 0.6) is 0 Å². The van der Waals surface area contributed by atoms with Gasteiger partial charge in [0.05, 0.1) is 0 Å². The molecule has 0 aliphatic carbocycles. The van der Waals surface area contributed by atoms with Gasteiger partial charge in [0.1, 0.15) is 11.5 Å². The summed E-state index contributed by atoms with van der Waals surface area (Å²) in [6.07, 6.45) is 7.29. The van der Waals surface area contributed by atoms with E-state index in [-0.39, 0.29) is 0 Å². The van der Waals surface area contributed by atoms with Crippen LogP contribution in [0.25, 0.3) is 12.2 Å². The van der Waals surface area contributed by atoms with E-state index in [4.69, 9.17) is 4.42 Å². The Morgan fingerprint density at radius 2 is 1.19 bits per heavy atom. The Morgan fingerprint density at radius 3 is 1.29 bits per heavy atom. The predicted octanol–water partition coefficient (Wildman–Crippen LogP) is 7.37. The molecule has 1 heteroatoms. The molecule has 0 atom stereocenters. The first kappa shape index (κ1) is 24.3. The molecule has 1 nitrogen and oxygen atoms in total. The third-order valence-corrected chi connectivity index (χ3v) is 2.67. The molecular weight excluding hydrogens is 256 g/mol. The van der Waals surface area contributed by atoms with Crippen molar-refractivity contribution in [2.24, 2.45) is 0 Å². The average Bonchev–Trinajstić information content (AvgIpc) is 2.85. The lowest BCUT2D eigenvalue weighted by atomic mass is 10.1. The van der Waals surface area contributed by atoms with Crippen molar-refractivity contribution in [1.29, 1.82) is 0 Å². The third-order valence-electron chi connectivity index (χ3n) is 2.67. The summed E-state index contributed by atoms with van der Waals surface area (Å²) in [4.78, 5) is 0. The summed E-state index contributed by atoms with van der Waals surface area (Å²) in [5.41, 5.74) is 3.53. The summed E-state index contributed by atoms with van der Waals surface area (Å²) in [6.45, 7) is 26.9. The smallest absolute Gasteiger partial charge is 0.130 e.